The van der Waals surface area contributed by atoms with Crippen LogP contribution in [0, 0.1) is 17.3 Å². The molecule has 6 nitrogen and oxygen atoms in total. The number of hydrogen-bond donors (Lipinski definition) is 2. The number of amides is 1. The molecule has 1 aromatic rings. The third-order valence-corrected chi connectivity index (χ3v) is 8.07. The Bertz CT molecular complexity index is 867. The topological polar surface area (TPSA) is 92.7 Å². The van der Waals surface area contributed by atoms with Crippen molar-refractivity contribution in [1.82, 2.24) is 4.72 Å². The summed E-state index contributed by atoms with van der Waals surface area (Å²) in [6.45, 7) is 3.38. The molecule has 0 heterocycles. The molecular formula is C20H27NO5S. The Balaban J connectivity index is 1.57. The van der Waals surface area contributed by atoms with E-state index in [0.717, 1.165) is 51.0 Å². The van der Waals surface area contributed by atoms with Crippen LogP contribution in [0.3, 0.4) is 0 Å². The van der Waals surface area contributed by atoms with Crippen LogP contribution in [0.5, 0.6) is 5.75 Å². The summed E-state index contributed by atoms with van der Waals surface area (Å²) in [5.41, 5.74) is 2.47. The summed E-state index contributed by atoms with van der Waals surface area (Å²) in [4.78, 5) is 11.0. The number of nitrogens with one attached hydrogen (secondary N) is 1. The molecule has 2 N–H and O–H groups in total. The number of aryl methyl sites for hydroxylation is 1. The summed E-state index contributed by atoms with van der Waals surface area (Å²) in [7, 11) is -4.14. The molecule has 1 amide bonds. The van der Waals surface area contributed by atoms with E-state index >= 15 is 0 Å². The van der Waals surface area contributed by atoms with E-state index in [1.54, 1.807) is 12.1 Å². The minimum absolute atomic E-state index is 0.0498. The Hall–Kier alpha value is -1.60. The zero-order valence-corrected chi connectivity index (χ0v) is 16.6. The Morgan fingerprint density at radius 3 is 2.78 bits per heavy atom. The normalized spacial score (nSPS) is 34.9. The van der Waals surface area contributed by atoms with Crippen LogP contribution in [0.15, 0.2) is 18.2 Å². The highest BCUT2D eigenvalue weighted by Gasteiger charge is 2.54. The van der Waals surface area contributed by atoms with E-state index in [1.807, 2.05) is 10.8 Å². The van der Waals surface area contributed by atoms with Crippen molar-refractivity contribution < 1.29 is 22.5 Å². The first-order chi connectivity index (χ1) is 12.7. The number of carbonyl (C=O) groups excluding carboxylic acids is 1. The van der Waals surface area contributed by atoms with Gasteiger partial charge in [0.15, 0.2) is 0 Å². The van der Waals surface area contributed by atoms with Crippen molar-refractivity contribution in [2.75, 3.05) is 0 Å². The van der Waals surface area contributed by atoms with Crippen molar-refractivity contribution in [2.24, 2.45) is 17.3 Å². The predicted octanol–water partition coefficient (Wildman–Crippen LogP) is 2.66. The average molecular weight is 394 g/mol. The molecule has 0 aliphatic heterocycles. The Labute approximate surface area is 160 Å². The number of rotatable bonds is 3. The van der Waals surface area contributed by atoms with Crippen molar-refractivity contribution in [3.8, 4) is 5.75 Å². The van der Waals surface area contributed by atoms with Gasteiger partial charge in [-0.3, -0.25) is 4.79 Å². The molecule has 1 aromatic carbocycles. The highest BCUT2D eigenvalue weighted by molar-refractivity contribution is 7.85. The summed E-state index contributed by atoms with van der Waals surface area (Å²) in [5.74, 6) is 1.18. The molecule has 0 aromatic heterocycles. The molecule has 2 fully saturated rings. The summed E-state index contributed by atoms with van der Waals surface area (Å²) in [5, 5.41) is 10.5. The van der Waals surface area contributed by atoms with Crippen molar-refractivity contribution in [3.63, 3.8) is 0 Å². The number of benzene rings is 1. The van der Waals surface area contributed by atoms with Crippen molar-refractivity contribution in [1.29, 1.82) is 0 Å². The van der Waals surface area contributed by atoms with Gasteiger partial charge in [-0.1, -0.05) is 13.0 Å². The first-order valence-corrected chi connectivity index (χ1v) is 11.1. The SMILES string of the molecule is CC(=O)NS(=O)(=O)Oc1ccc2c(c1)CCC1C2CC[C@@]2(C)C1CC[C@@H]2O. The van der Waals surface area contributed by atoms with Crippen molar-refractivity contribution >= 4 is 16.2 Å². The molecule has 0 spiro atoms. The van der Waals surface area contributed by atoms with Gasteiger partial charge in [0.2, 0.25) is 5.91 Å². The summed E-state index contributed by atoms with van der Waals surface area (Å²) >= 11 is 0. The summed E-state index contributed by atoms with van der Waals surface area (Å²) in [6, 6.07) is 5.46. The molecule has 0 radical (unpaired) electrons. The van der Waals surface area contributed by atoms with Gasteiger partial charge in [-0.2, -0.15) is 8.42 Å². The van der Waals surface area contributed by atoms with Gasteiger partial charge in [-0.05, 0) is 85.0 Å². The van der Waals surface area contributed by atoms with Crippen molar-refractivity contribution in [2.45, 2.75) is 64.4 Å². The van der Waals surface area contributed by atoms with Gasteiger partial charge >= 0.3 is 10.3 Å². The van der Waals surface area contributed by atoms with Crippen molar-refractivity contribution in [3.05, 3.63) is 29.3 Å². The van der Waals surface area contributed by atoms with E-state index in [2.05, 4.69) is 6.92 Å². The van der Waals surface area contributed by atoms with Gasteiger partial charge in [0.1, 0.15) is 5.75 Å². The Kier molecular flexibility index (Phi) is 4.50. The lowest BCUT2D eigenvalue weighted by Crippen LogP contribution is -2.43. The van der Waals surface area contributed by atoms with Gasteiger partial charge in [0.05, 0.1) is 6.10 Å². The van der Waals surface area contributed by atoms with Crippen LogP contribution in [0.25, 0.3) is 0 Å². The Morgan fingerprint density at radius 1 is 1.26 bits per heavy atom. The molecule has 5 atom stereocenters. The molecule has 148 valence electrons. The molecule has 3 aliphatic carbocycles. The largest absolute Gasteiger partial charge is 0.409 e. The highest BCUT2D eigenvalue weighted by Crippen LogP contribution is 2.60. The van der Waals surface area contributed by atoms with Crippen LogP contribution in [0.1, 0.15) is 63.0 Å². The van der Waals surface area contributed by atoms with E-state index in [1.165, 1.54) is 5.56 Å². The predicted molar refractivity (Wildman–Crippen MR) is 100 cm³/mol. The van der Waals surface area contributed by atoms with E-state index in [-0.39, 0.29) is 17.3 Å². The minimum atomic E-state index is -4.14. The lowest BCUT2D eigenvalue weighted by molar-refractivity contribution is -0.117. The lowest BCUT2D eigenvalue weighted by atomic mass is 9.55. The van der Waals surface area contributed by atoms with Crippen LogP contribution in [-0.2, 0) is 21.5 Å². The molecule has 4 rings (SSSR count). The first-order valence-electron chi connectivity index (χ1n) is 9.73. The molecule has 27 heavy (non-hydrogen) atoms. The maximum Gasteiger partial charge on any atom is 0.409 e. The second kappa shape index (κ2) is 6.48. The maximum atomic E-state index is 11.8. The van der Waals surface area contributed by atoms with Crippen LogP contribution < -0.4 is 8.91 Å². The van der Waals surface area contributed by atoms with Gasteiger partial charge in [-0.15, -0.1) is 0 Å². The highest BCUT2D eigenvalue weighted by atomic mass is 32.2. The second-order valence-corrected chi connectivity index (χ2v) is 9.89. The first kappa shape index (κ1) is 18.7. The third-order valence-electron chi connectivity index (χ3n) is 7.12. The fourth-order valence-corrected chi connectivity index (χ4v) is 6.66. The number of aliphatic hydroxyl groups excluding tert-OH is 1. The Morgan fingerprint density at radius 2 is 2.04 bits per heavy atom. The second-order valence-electron chi connectivity index (χ2n) is 8.61. The minimum Gasteiger partial charge on any atom is -0.393 e. The van der Waals surface area contributed by atoms with E-state index in [0.29, 0.717) is 17.8 Å². The quantitative estimate of drug-likeness (QED) is 0.824. The number of fused-ring (bicyclic) bond motifs is 5. The number of aliphatic hydroxyl groups is 1. The average Bonchev–Trinajstić information content (AvgIpc) is 2.88. The van der Waals surface area contributed by atoms with E-state index < -0.39 is 16.2 Å². The third kappa shape index (κ3) is 3.25. The summed E-state index contributed by atoms with van der Waals surface area (Å²) in [6.07, 6.45) is 5.87. The molecule has 7 heteroatoms. The van der Waals surface area contributed by atoms with Gasteiger partial charge in [-0.25, -0.2) is 4.72 Å². The zero-order valence-electron chi connectivity index (χ0n) is 15.8. The van der Waals surface area contributed by atoms with Gasteiger partial charge in [0, 0.05) is 6.92 Å². The maximum absolute atomic E-state index is 11.8. The summed E-state index contributed by atoms with van der Waals surface area (Å²) < 4.78 is 30.5. The van der Waals surface area contributed by atoms with Crippen LogP contribution in [0.4, 0.5) is 0 Å². The van der Waals surface area contributed by atoms with Crippen LogP contribution >= 0.6 is 0 Å². The van der Waals surface area contributed by atoms with Crippen LogP contribution in [-0.4, -0.2) is 25.5 Å². The van der Waals surface area contributed by atoms with Gasteiger partial charge < -0.3 is 9.29 Å². The number of hydrogen-bond acceptors (Lipinski definition) is 5. The van der Waals surface area contributed by atoms with Gasteiger partial charge in [0.25, 0.3) is 0 Å². The molecule has 3 unspecified atom stereocenters. The smallest absolute Gasteiger partial charge is 0.393 e. The van der Waals surface area contributed by atoms with Crippen LogP contribution in [0.2, 0.25) is 0 Å². The molecule has 2 saturated carbocycles. The monoisotopic (exact) mass is 393 g/mol. The molecular weight excluding hydrogens is 366 g/mol. The molecule has 0 bridgehead atoms. The lowest BCUT2D eigenvalue weighted by Gasteiger charge is -2.50. The fourth-order valence-electron chi connectivity index (χ4n) is 5.91. The fraction of sp³-hybridized carbons (Fsp3) is 0.650. The standard InChI is InChI=1S/C20H27NO5S/c1-12(22)21-27(24,25)26-14-4-6-15-13(11-14)3-5-17-16(15)9-10-20(2)18(17)7-8-19(20)23/h4,6,11,16-19,23H,3,5,7-10H2,1-2H3,(H,21,22)/t16?,17?,18?,19-,20-/m0/s1. The zero-order chi connectivity index (χ0) is 19.4. The van der Waals surface area contributed by atoms with E-state index in [4.69, 9.17) is 4.18 Å². The number of carbonyl (C=O) groups is 1. The molecule has 3 aliphatic rings. The van der Waals surface area contributed by atoms with E-state index in [9.17, 15) is 18.3 Å². The molecule has 0 saturated heterocycles.